The first-order valence-electron chi connectivity index (χ1n) is 18.5. The predicted molar refractivity (Wildman–Crippen MR) is 208 cm³/mol. The van der Waals surface area contributed by atoms with E-state index in [0.29, 0.717) is 29.0 Å². The summed E-state index contributed by atoms with van der Waals surface area (Å²) >= 11 is 1.52. The van der Waals surface area contributed by atoms with E-state index >= 15 is 0 Å². The fourth-order valence-corrected chi connectivity index (χ4v) is 7.96. The number of thiophene rings is 1. The van der Waals surface area contributed by atoms with Crippen molar-refractivity contribution in [2.45, 2.75) is 71.6 Å². The summed E-state index contributed by atoms with van der Waals surface area (Å²) in [5, 5.41) is 0.822. The highest BCUT2D eigenvalue weighted by Crippen LogP contribution is 2.42. The van der Waals surface area contributed by atoms with Crippen molar-refractivity contribution in [3.63, 3.8) is 0 Å². The minimum Gasteiger partial charge on any atom is -0.497 e. The number of hydrogen-bond donors (Lipinski definition) is 0. The van der Waals surface area contributed by atoms with Gasteiger partial charge < -0.3 is 14.2 Å². The van der Waals surface area contributed by atoms with Crippen molar-refractivity contribution >= 4 is 33.2 Å². The molecule has 1 aliphatic rings. The van der Waals surface area contributed by atoms with Crippen LogP contribution in [0.15, 0.2) is 84.9 Å². The van der Waals surface area contributed by atoms with Gasteiger partial charge in [-0.2, -0.15) is 0 Å². The lowest BCUT2D eigenvalue weighted by Crippen LogP contribution is -2.33. The molecule has 4 aromatic carbocycles. The highest BCUT2D eigenvalue weighted by molar-refractivity contribution is 7.22. The summed E-state index contributed by atoms with van der Waals surface area (Å²) < 4.78 is 18.4. The summed E-state index contributed by atoms with van der Waals surface area (Å²) in [6.07, 6.45) is 9.83. The van der Waals surface area contributed by atoms with Gasteiger partial charge in [0.2, 0.25) is 0 Å². The number of esters is 1. The molecule has 6 nitrogen and oxygen atoms in total. The maximum atomic E-state index is 14.3. The fourth-order valence-electron chi connectivity index (χ4n) is 6.73. The quantitative estimate of drug-likeness (QED) is 0.0579. The number of hydrogen-bond acceptors (Lipinski definition) is 7. The summed E-state index contributed by atoms with van der Waals surface area (Å²) in [6, 6.07) is 27.1. The van der Waals surface area contributed by atoms with Crippen molar-refractivity contribution < 1.29 is 23.8 Å². The minimum atomic E-state index is -0.347. The first-order chi connectivity index (χ1) is 25.0. The standard InChI is InChI=1S/C44H49NO5S/c1-4-6-11-31-13-14-32(12-7-5-2)39(29-31)44(47)50-37-23-24-38-40(30-37)51-43(34-17-19-35(48-3)20-18-34)41(38)42(46)33-15-21-36(22-16-33)49-28-27-45-25-9-8-10-26-45/h13-24,29-30H,4-12,25-28H2,1-3H3. The molecule has 51 heavy (non-hydrogen) atoms. The molecular weight excluding hydrogens is 655 g/mol. The van der Waals surface area contributed by atoms with E-state index in [-0.39, 0.29) is 11.8 Å². The Morgan fingerprint density at radius 3 is 2.20 bits per heavy atom. The number of carbonyl (C=O) groups excluding carboxylic acids is 2. The summed E-state index contributed by atoms with van der Waals surface area (Å²) in [6.45, 7) is 8.15. The molecule has 0 bridgehead atoms. The lowest BCUT2D eigenvalue weighted by Gasteiger charge is -2.26. The van der Waals surface area contributed by atoms with Crippen LogP contribution >= 0.6 is 11.3 Å². The van der Waals surface area contributed by atoms with Crippen LogP contribution in [0.2, 0.25) is 0 Å². The lowest BCUT2D eigenvalue weighted by atomic mass is 9.97. The summed E-state index contributed by atoms with van der Waals surface area (Å²) in [5.41, 5.74) is 4.95. The Labute approximate surface area is 306 Å². The first-order valence-corrected chi connectivity index (χ1v) is 19.3. The number of carbonyl (C=O) groups is 2. The number of fused-ring (bicyclic) bond motifs is 1. The van der Waals surface area contributed by atoms with Gasteiger partial charge in [-0.15, -0.1) is 11.3 Å². The van der Waals surface area contributed by atoms with E-state index in [9.17, 15) is 9.59 Å². The van der Waals surface area contributed by atoms with Crippen LogP contribution in [0.3, 0.4) is 0 Å². The molecule has 1 aromatic heterocycles. The second kappa shape index (κ2) is 17.7. The van der Waals surface area contributed by atoms with Gasteiger partial charge in [-0.1, -0.05) is 45.2 Å². The number of methoxy groups -OCH3 is 1. The molecule has 0 atom stereocenters. The summed E-state index contributed by atoms with van der Waals surface area (Å²) in [5.74, 6) is 1.55. The number of unbranched alkanes of at least 4 members (excludes halogenated alkanes) is 2. The zero-order valence-electron chi connectivity index (χ0n) is 30.2. The highest BCUT2D eigenvalue weighted by atomic mass is 32.1. The topological polar surface area (TPSA) is 65.1 Å². The zero-order chi connectivity index (χ0) is 35.6. The van der Waals surface area contributed by atoms with Crippen LogP contribution in [-0.4, -0.2) is 50.0 Å². The van der Waals surface area contributed by atoms with Crippen molar-refractivity contribution in [1.82, 2.24) is 4.90 Å². The zero-order valence-corrected chi connectivity index (χ0v) is 31.0. The maximum Gasteiger partial charge on any atom is 0.343 e. The third-order valence-electron chi connectivity index (χ3n) is 9.71. The van der Waals surface area contributed by atoms with Crippen molar-refractivity contribution in [1.29, 1.82) is 0 Å². The number of benzene rings is 4. The third kappa shape index (κ3) is 9.07. The molecular formula is C44H49NO5S. The van der Waals surface area contributed by atoms with Gasteiger partial charge in [-0.25, -0.2) is 4.79 Å². The average molecular weight is 704 g/mol. The van der Waals surface area contributed by atoms with Gasteiger partial charge in [0.15, 0.2) is 5.78 Å². The summed E-state index contributed by atoms with van der Waals surface area (Å²) in [4.78, 5) is 31.3. The second-order valence-electron chi connectivity index (χ2n) is 13.4. The Kier molecular flexibility index (Phi) is 12.6. The average Bonchev–Trinajstić information content (AvgIpc) is 3.55. The van der Waals surface area contributed by atoms with E-state index in [1.165, 1.54) is 30.6 Å². The van der Waals surface area contributed by atoms with Crippen molar-refractivity contribution in [3.05, 3.63) is 113 Å². The van der Waals surface area contributed by atoms with Gasteiger partial charge in [0.05, 0.1) is 12.7 Å². The lowest BCUT2D eigenvalue weighted by molar-refractivity contribution is 0.0733. The number of ketones is 1. The number of ether oxygens (including phenoxy) is 3. The van der Waals surface area contributed by atoms with Crippen LogP contribution in [-0.2, 0) is 12.8 Å². The van der Waals surface area contributed by atoms with E-state index in [2.05, 4.69) is 30.9 Å². The van der Waals surface area contributed by atoms with E-state index in [0.717, 1.165) is 101 Å². The van der Waals surface area contributed by atoms with Crippen molar-refractivity contribution in [2.24, 2.45) is 0 Å². The van der Waals surface area contributed by atoms with Crippen LogP contribution in [0.4, 0.5) is 0 Å². The molecule has 7 heteroatoms. The van der Waals surface area contributed by atoms with E-state index in [4.69, 9.17) is 14.2 Å². The van der Waals surface area contributed by atoms with Gasteiger partial charge in [-0.3, -0.25) is 9.69 Å². The molecule has 1 aliphatic heterocycles. The van der Waals surface area contributed by atoms with Crippen LogP contribution < -0.4 is 14.2 Å². The van der Waals surface area contributed by atoms with Gasteiger partial charge in [0.25, 0.3) is 0 Å². The Hall–Kier alpha value is -4.46. The number of aryl methyl sites for hydroxylation is 2. The fraction of sp³-hybridized carbons (Fsp3) is 0.364. The van der Waals surface area contributed by atoms with Gasteiger partial charge in [0.1, 0.15) is 23.9 Å². The molecule has 266 valence electrons. The van der Waals surface area contributed by atoms with Gasteiger partial charge in [-0.05, 0) is 141 Å². The molecule has 0 N–H and O–H groups in total. The normalized spacial score (nSPS) is 13.3. The molecule has 0 aliphatic carbocycles. The third-order valence-corrected chi connectivity index (χ3v) is 10.9. The van der Waals surface area contributed by atoms with Crippen LogP contribution in [0, 0.1) is 0 Å². The van der Waals surface area contributed by atoms with Crippen molar-refractivity contribution in [3.8, 4) is 27.7 Å². The molecule has 1 fully saturated rings. The Morgan fingerprint density at radius 2 is 1.47 bits per heavy atom. The summed E-state index contributed by atoms with van der Waals surface area (Å²) in [7, 11) is 1.64. The maximum absolute atomic E-state index is 14.3. The van der Waals surface area contributed by atoms with Crippen LogP contribution in [0.1, 0.15) is 96.2 Å². The smallest absolute Gasteiger partial charge is 0.343 e. The number of likely N-dealkylation sites (tertiary alicyclic amines) is 1. The Balaban J connectivity index is 1.27. The monoisotopic (exact) mass is 703 g/mol. The molecule has 0 unspecified atom stereocenters. The number of piperidine rings is 1. The predicted octanol–water partition coefficient (Wildman–Crippen LogP) is 10.6. The van der Waals surface area contributed by atoms with E-state index in [1.807, 2.05) is 66.7 Å². The minimum absolute atomic E-state index is 0.0684. The molecule has 0 amide bonds. The van der Waals surface area contributed by atoms with E-state index < -0.39 is 0 Å². The highest BCUT2D eigenvalue weighted by Gasteiger charge is 2.23. The SMILES string of the molecule is CCCCc1ccc(CCCC)c(C(=O)Oc2ccc3c(C(=O)c4ccc(OCCN5CCCCC5)cc4)c(-c4ccc(OC)cc4)sc3c2)c1. The van der Waals surface area contributed by atoms with Crippen LogP contribution in [0.25, 0.3) is 20.5 Å². The molecule has 5 aromatic rings. The van der Waals surface area contributed by atoms with Gasteiger partial charge >= 0.3 is 5.97 Å². The number of nitrogens with zero attached hydrogens (tertiary/aromatic N) is 1. The Morgan fingerprint density at radius 1 is 0.765 bits per heavy atom. The van der Waals surface area contributed by atoms with E-state index in [1.54, 1.807) is 13.2 Å². The molecule has 2 heterocycles. The Bertz CT molecular complexity index is 1920. The van der Waals surface area contributed by atoms with Gasteiger partial charge in [0, 0.05) is 32.6 Å². The molecule has 6 rings (SSSR count). The molecule has 1 saturated heterocycles. The molecule has 0 saturated carbocycles. The second-order valence-corrected chi connectivity index (χ2v) is 14.4. The molecule has 0 radical (unpaired) electrons. The first kappa shape index (κ1) is 36.3. The van der Waals surface area contributed by atoms with Crippen molar-refractivity contribution in [2.75, 3.05) is 33.4 Å². The molecule has 0 spiro atoms. The van der Waals surface area contributed by atoms with Crippen LogP contribution in [0.5, 0.6) is 17.2 Å². The number of rotatable bonds is 16. The largest absolute Gasteiger partial charge is 0.497 e.